The summed E-state index contributed by atoms with van der Waals surface area (Å²) in [5.41, 5.74) is 19.9. The number of nitriles is 3. The predicted octanol–water partition coefficient (Wildman–Crippen LogP) is 5.96. The van der Waals surface area contributed by atoms with Gasteiger partial charge in [-0.25, -0.2) is 0 Å². The molecule has 0 aliphatic carbocycles. The number of amides is 1. The second-order valence-electron chi connectivity index (χ2n) is 13.3. The van der Waals surface area contributed by atoms with Crippen LogP contribution in [0.1, 0.15) is 19.2 Å². The number of carbonyl (C=O) groups excluding carboxylic acids is 1. The first kappa shape index (κ1) is 49.8. The van der Waals surface area contributed by atoms with E-state index in [1.165, 1.54) is 17.5 Å². The summed E-state index contributed by atoms with van der Waals surface area (Å²) < 4.78 is 9.04. The van der Waals surface area contributed by atoms with E-state index in [1.54, 1.807) is 37.4 Å². The summed E-state index contributed by atoms with van der Waals surface area (Å²) in [4.78, 5) is 34.2. The van der Waals surface area contributed by atoms with Gasteiger partial charge in [0.2, 0.25) is 0 Å². The van der Waals surface area contributed by atoms with Gasteiger partial charge in [-0.15, -0.1) is 11.6 Å². The zero-order chi connectivity index (χ0) is 48.0. The Kier molecular flexibility index (Phi) is 17.6. The normalized spacial score (nSPS) is 10.1. The number of fused-ring (bicyclic) bond motifs is 8. The van der Waals surface area contributed by atoms with Gasteiger partial charge in [0, 0.05) is 0 Å². The van der Waals surface area contributed by atoms with Crippen LogP contribution in [-0.2, 0) is 7.05 Å². The Bertz CT molecular complexity index is 3800. The van der Waals surface area contributed by atoms with Crippen molar-refractivity contribution in [1.29, 1.82) is 15.8 Å². The number of nitrogen functional groups attached to an aromatic ring is 2. The van der Waals surface area contributed by atoms with Crippen LogP contribution >= 0.6 is 23.2 Å². The molecule has 6 aromatic heterocycles. The van der Waals surface area contributed by atoms with E-state index in [4.69, 9.17) is 56.2 Å². The van der Waals surface area contributed by atoms with Crippen molar-refractivity contribution in [3.05, 3.63) is 161 Å². The topological polar surface area (TPSA) is 273 Å². The van der Waals surface area contributed by atoms with E-state index in [0.717, 1.165) is 49.8 Å². The van der Waals surface area contributed by atoms with Gasteiger partial charge in [-0.2, -0.15) is 10.5 Å². The number of rotatable bonds is 1. The van der Waals surface area contributed by atoms with Gasteiger partial charge in [0.15, 0.2) is 0 Å². The summed E-state index contributed by atoms with van der Waals surface area (Å²) in [7, 11) is 1.63. The van der Waals surface area contributed by atoms with E-state index in [-0.39, 0.29) is 75.0 Å². The second kappa shape index (κ2) is 23.7. The number of hydrogen-bond donors (Lipinski definition) is 4. The van der Waals surface area contributed by atoms with Crippen molar-refractivity contribution in [2.75, 3.05) is 17.3 Å². The maximum atomic E-state index is 11.8. The molecular formula is C46H32Cl2N12O3Se4. The third-order valence-electron chi connectivity index (χ3n) is 9.06. The fourth-order valence-corrected chi connectivity index (χ4v) is 14.6. The van der Waals surface area contributed by atoms with Gasteiger partial charge in [-0.3, -0.25) is 0 Å². The number of primary amides is 1. The summed E-state index contributed by atoms with van der Waals surface area (Å²) in [5, 5.41) is 47.1. The van der Waals surface area contributed by atoms with Crippen LogP contribution in [0.25, 0.3) is 58.1 Å². The average molecular weight is 1190 g/mol. The third kappa shape index (κ3) is 11.9. The molecule has 67 heavy (non-hydrogen) atoms. The summed E-state index contributed by atoms with van der Waals surface area (Å²) >= 11 is 10.7. The molecule has 0 fully saturated rings. The Balaban J connectivity index is 0.000000137. The molecule has 7 N–H and O–H groups in total. The van der Waals surface area contributed by atoms with Crippen molar-refractivity contribution >= 4 is 157 Å². The Morgan fingerprint density at radius 2 is 1.15 bits per heavy atom. The number of H-pyrrole nitrogens is 1. The molecule has 1 amide bonds. The number of carbonyl (C=O) groups is 1. The van der Waals surface area contributed by atoms with Crippen molar-refractivity contribution in [2.24, 2.45) is 12.8 Å². The number of alkyl halides is 1. The molecular weight excluding hydrogens is 1160 g/mol. The average Bonchev–Trinajstić information content (AvgIpc) is 4.12. The van der Waals surface area contributed by atoms with Gasteiger partial charge < -0.3 is 0 Å². The van der Waals surface area contributed by atoms with Gasteiger partial charge in [-0.1, -0.05) is 23.7 Å². The molecule has 0 atom stereocenters. The number of nitrogens with one attached hydrogen (secondary N) is 1. The predicted molar refractivity (Wildman–Crippen MR) is 270 cm³/mol. The molecule has 0 spiro atoms. The van der Waals surface area contributed by atoms with Crippen molar-refractivity contribution in [3.8, 4) is 18.2 Å². The minimum atomic E-state index is -0.395. The molecule has 5 aromatic carbocycles. The Morgan fingerprint density at radius 3 is 1.64 bits per heavy atom. The number of hydrogen-bond acceptors (Lipinski definition) is 12. The number of aromatic nitrogens is 6. The monoisotopic (exact) mass is 1190 g/mol. The second-order valence-corrected chi connectivity index (χ2v) is 22.8. The zero-order valence-electron chi connectivity index (χ0n) is 34.7. The number of benzene rings is 5. The molecule has 15 nitrogen and oxygen atoms in total. The van der Waals surface area contributed by atoms with Crippen LogP contribution < -0.4 is 28.3 Å². The summed E-state index contributed by atoms with van der Waals surface area (Å²) in [6.07, 6.45) is 0. The zero-order valence-corrected chi connectivity index (χ0v) is 43.0. The first-order chi connectivity index (χ1) is 32.4. The van der Waals surface area contributed by atoms with Crippen molar-refractivity contribution in [3.63, 3.8) is 0 Å². The van der Waals surface area contributed by atoms with Crippen molar-refractivity contribution < 1.29 is 4.79 Å². The molecule has 6 heterocycles. The Hall–Kier alpha value is -6.60. The summed E-state index contributed by atoms with van der Waals surface area (Å²) in [6, 6.07) is 44.4. The number of aryl methyl sites for hydroxylation is 1. The van der Waals surface area contributed by atoms with Gasteiger partial charge in [-0.05, 0) is 12.1 Å². The standard InChI is InChI=1S/C10H7N3OSe.C9H5N3OSe.C9H8N2OSe.C9H6N2Se.C7H4ClN.C2H2ClN/c1-13-10(14)9-8(11-12-13)6-4-2-3-5-7(6)15-9;13-9-8-7(10-12-11-9)5-3-1-2-4-6(5)14-8;10-7-5-3-1-2-4-6(5)13-8(7)9(11)12;10-5-8-9(11)6-3-1-2-4-7(6)12-8;8-7-4-2-1-3-6(7)5-9;3-1-2-4/h2-5H,1H3;1-4H,(H,10,11,13);1-4H,10H2,(H2,11,12);1-4H,11H2;1-4H;1H2. The van der Waals surface area contributed by atoms with Crippen molar-refractivity contribution in [2.45, 2.75) is 0 Å². The fourth-order valence-electron chi connectivity index (χ4n) is 5.98. The quantitative estimate of drug-likeness (QED) is 0.110. The van der Waals surface area contributed by atoms with Crippen LogP contribution in [0.15, 0.2) is 131 Å². The first-order valence-corrected chi connectivity index (χ1v) is 26.9. The Labute approximate surface area is 414 Å². The van der Waals surface area contributed by atoms with Crippen LogP contribution in [-0.4, -0.2) is 100 Å². The van der Waals surface area contributed by atoms with E-state index in [0.29, 0.717) is 26.4 Å². The summed E-state index contributed by atoms with van der Waals surface area (Å²) in [6.45, 7) is 0. The molecule has 0 aliphatic heterocycles. The number of halogens is 2. The molecule has 0 saturated carbocycles. The minimum absolute atomic E-state index is 0.00743. The molecule has 0 bridgehead atoms. The van der Waals surface area contributed by atoms with Gasteiger partial charge in [0.05, 0.1) is 16.7 Å². The molecule has 11 aromatic rings. The van der Waals surface area contributed by atoms with E-state index in [1.807, 2.05) is 97.1 Å². The molecule has 21 heteroatoms. The first-order valence-electron chi connectivity index (χ1n) is 19.2. The van der Waals surface area contributed by atoms with E-state index >= 15 is 0 Å². The molecule has 0 aliphatic rings. The van der Waals surface area contributed by atoms with Crippen LogP contribution in [0.3, 0.4) is 0 Å². The molecule has 0 saturated heterocycles. The number of nitrogens with zero attached hydrogens (tertiary/aromatic N) is 8. The van der Waals surface area contributed by atoms with E-state index < -0.39 is 5.91 Å². The van der Waals surface area contributed by atoms with Crippen LogP contribution in [0.5, 0.6) is 0 Å². The van der Waals surface area contributed by atoms with Gasteiger partial charge >= 0.3 is 331 Å². The fraction of sp³-hybridized carbons (Fsp3) is 0.0435. The number of nitrogens with two attached hydrogens (primary N) is 3. The number of anilines is 2. The third-order valence-corrected chi connectivity index (χ3v) is 19.2. The summed E-state index contributed by atoms with van der Waals surface area (Å²) in [5.74, 6) is -0.298. The molecule has 11 rings (SSSR count). The Morgan fingerprint density at radius 1 is 0.672 bits per heavy atom. The molecule has 0 radical (unpaired) electrons. The molecule has 0 unspecified atom stereocenters. The number of aromatic amines is 1. The van der Waals surface area contributed by atoms with Crippen LogP contribution in [0.2, 0.25) is 5.02 Å². The SMILES string of the molecule is Cn1nnc2c([se]c3ccccc32)c1=O.N#CCCl.N#Cc1[se]c2ccccc2c1N.N#Cc1ccccc1Cl.NC(=O)c1[se]c2ccccc2c1N.O=c1[nH]nnc2c1[se]c1ccccc12. The van der Waals surface area contributed by atoms with Gasteiger partial charge in [0.25, 0.3) is 0 Å². The van der Waals surface area contributed by atoms with Gasteiger partial charge in [0.1, 0.15) is 11.9 Å². The van der Waals surface area contributed by atoms with E-state index in [9.17, 15) is 14.4 Å². The molecule has 332 valence electrons. The van der Waals surface area contributed by atoms with Crippen LogP contribution in [0, 0.1) is 34.0 Å². The maximum absolute atomic E-state index is 11.8. The van der Waals surface area contributed by atoms with Crippen molar-refractivity contribution in [1.82, 2.24) is 30.4 Å². The van der Waals surface area contributed by atoms with E-state index in [2.05, 4.69) is 37.9 Å². The van der Waals surface area contributed by atoms with Crippen LogP contribution in [0.4, 0.5) is 11.4 Å².